The Morgan fingerprint density at radius 2 is 2.06 bits per heavy atom. The van der Waals surface area contributed by atoms with Gasteiger partial charge in [0.1, 0.15) is 0 Å². The Hall–Kier alpha value is -1.94. The average Bonchev–Trinajstić information content (AvgIpc) is 2.29. The topological polar surface area (TPSA) is 101 Å². The zero-order valence-corrected chi connectivity index (χ0v) is 10.6. The van der Waals surface area contributed by atoms with Crippen LogP contribution in [0.15, 0.2) is 24.3 Å². The van der Waals surface area contributed by atoms with Gasteiger partial charge >= 0.3 is 0 Å². The lowest BCUT2D eigenvalue weighted by Crippen LogP contribution is -2.16. The van der Waals surface area contributed by atoms with Crippen LogP contribution < -0.4 is 0 Å². The maximum Gasteiger partial charge on any atom is 0.274 e. The number of nitrogens with zero attached hydrogens (tertiary/aromatic N) is 2. The molecule has 0 fully saturated rings. The first kappa shape index (κ1) is 14.1. The number of benzene rings is 1. The van der Waals surface area contributed by atoms with Gasteiger partial charge in [-0.1, -0.05) is 19.1 Å². The van der Waals surface area contributed by atoms with Crippen LogP contribution in [0.5, 0.6) is 0 Å². The van der Waals surface area contributed by atoms with E-state index in [0.717, 1.165) is 0 Å². The number of nitro groups is 1. The first-order chi connectivity index (χ1) is 8.44. The maximum atomic E-state index is 11.9. The Morgan fingerprint density at radius 3 is 2.56 bits per heavy atom. The fourth-order valence-corrected chi connectivity index (χ4v) is 3.17. The minimum atomic E-state index is -3.70. The van der Waals surface area contributed by atoms with Crippen LogP contribution in [0.1, 0.15) is 24.2 Å². The van der Waals surface area contributed by atoms with E-state index >= 15 is 0 Å². The Bertz CT molecular complexity index is 589. The lowest BCUT2D eigenvalue weighted by Gasteiger charge is -2.10. The third kappa shape index (κ3) is 2.84. The van der Waals surface area contributed by atoms with E-state index in [0.29, 0.717) is 6.42 Å². The van der Waals surface area contributed by atoms with Crippen molar-refractivity contribution in [3.05, 3.63) is 39.9 Å². The molecule has 7 heteroatoms. The van der Waals surface area contributed by atoms with Gasteiger partial charge in [-0.3, -0.25) is 10.1 Å². The molecule has 1 unspecified atom stereocenters. The molecule has 0 N–H and O–H groups in total. The van der Waals surface area contributed by atoms with E-state index in [-0.39, 0.29) is 17.0 Å². The molecular weight excluding hydrogens is 256 g/mol. The fraction of sp³-hybridized carbons (Fsp3) is 0.364. The highest BCUT2D eigenvalue weighted by Gasteiger charge is 2.31. The molecule has 1 atom stereocenters. The molecule has 0 amide bonds. The molecule has 6 nitrogen and oxygen atoms in total. The molecule has 96 valence electrons. The summed E-state index contributed by atoms with van der Waals surface area (Å²) in [4.78, 5) is 10.1. The molecular formula is C11H12N2O4S. The molecule has 0 aliphatic heterocycles. The highest BCUT2D eigenvalue weighted by atomic mass is 32.2. The molecule has 1 aromatic carbocycles. The quantitative estimate of drug-likeness (QED) is 0.600. The van der Waals surface area contributed by atoms with Crippen LogP contribution >= 0.6 is 0 Å². The minimum absolute atomic E-state index is 0.0709. The average molecular weight is 268 g/mol. The summed E-state index contributed by atoms with van der Waals surface area (Å²) in [6.07, 6.45) is 0.362. The van der Waals surface area contributed by atoms with E-state index in [4.69, 9.17) is 5.26 Å². The van der Waals surface area contributed by atoms with Crippen molar-refractivity contribution in [2.45, 2.75) is 18.6 Å². The summed E-state index contributed by atoms with van der Waals surface area (Å²) in [5.74, 6) is -0.169. The van der Waals surface area contributed by atoms with Gasteiger partial charge in [-0.25, -0.2) is 8.42 Å². The second kappa shape index (κ2) is 5.60. The number of hydrogen-bond acceptors (Lipinski definition) is 5. The number of hydrogen-bond donors (Lipinski definition) is 0. The Balaban J connectivity index is 3.36. The van der Waals surface area contributed by atoms with Gasteiger partial charge in [0.15, 0.2) is 15.1 Å². The smallest absolute Gasteiger partial charge is 0.258 e. The van der Waals surface area contributed by atoms with E-state index in [1.807, 2.05) is 0 Å². The second-order valence-electron chi connectivity index (χ2n) is 3.69. The third-order valence-electron chi connectivity index (χ3n) is 2.38. The lowest BCUT2D eigenvalue weighted by atomic mass is 10.1. The van der Waals surface area contributed by atoms with E-state index in [1.165, 1.54) is 24.3 Å². The van der Waals surface area contributed by atoms with Crippen LogP contribution in [-0.2, 0) is 9.84 Å². The molecule has 0 aliphatic carbocycles. The Morgan fingerprint density at radius 1 is 1.44 bits per heavy atom. The molecule has 1 rings (SSSR count). The highest BCUT2D eigenvalue weighted by Crippen LogP contribution is 2.30. The molecule has 18 heavy (non-hydrogen) atoms. The zero-order chi connectivity index (χ0) is 13.8. The van der Waals surface area contributed by atoms with Gasteiger partial charge in [-0.15, -0.1) is 0 Å². The van der Waals surface area contributed by atoms with Gasteiger partial charge in [-0.05, 0) is 12.5 Å². The van der Waals surface area contributed by atoms with E-state index in [9.17, 15) is 18.5 Å². The zero-order valence-electron chi connectivity index (χ0n) is 9.74. The van der Waals surface area contributed by atoms with Gasteiger partial charge in [0, 0.05) is 6.07 Å². The predicted molar refractivity (Wildman–Crippen MR) is 65.5 cm³/mol. The Kier molecular flexibility index (Phi) is 4.39. The minimum Gasteiger partial charge on any atom is -0.258 e. The van der Waals surface area contributed by atoms with Crippen LogP contribution in [-0.4, -0.2) is 19.1 Å². The van der Waals surface area contributed by atoms with Crippen molar-refractivity contribution in [1.82, 2.24) is 0 Å². The molecule has 0 radical (unpaired) electrons. The summed E-state index contributed by atoms with van der Waals surface area (Å²) in [6.45, 7) is 1.67. The third-order valence-corrected chi connectivity index (χ3v) is 4.44. The molecule has 0 saturated carbocycles. The monoisotopic (exact) mass is 268 g/mol. The number of rotatable bonds is 5. The predicted octanol–water partition coefficient (Wildman–Crippen LogP) is 1.98. The van der Waals surface area contributed by atoms with Crippen molar-refractivity contribution >= 4 is 15.5 Å². The van der Waals surface area contributed by atoms with Gasteiger partial charge < -0.3 is 0 Å². The maximum absolute atomic E-state index is 11.9. The standard InChI is InChI=1S/C11H12N2O4S/c1-2-7-18(16,17)11(8-12)9-5-3-4-6-10(9)13(14)15/h3-6,11H,2,7H2,1H3. The number of para-hydroxylation sites is 1. The van der Waals surface area contributed by atoms with Crippen LogP contribution in [0.25, 0.3) is 0 Å². The second-order valence-corrected chi connectivity index (χ2v) is 5.90. The van der Waals surface area contributed by atoms with E-state index in [2.05, 4.69) is 0 Å². The molecule has 0 spiro atoms. The lowest BCUT2D eigenvalue weighted by molar-refractivity contribution is -0.385. The van der Waals surface area contributed by atoms with Gasteiger partial charge in [-0.2, -0.15) is 5.26 Å². The van der Waals surface area contributed by atoms with Gasteiger partial charge in [0.2, 0.25) is 0 Å². The van der Waals surface area contributed by atoms with Crippen molar-refractivity contribution in [3.8, 4) is 6.07 Å². The van der Waals surface area contributed by atoms with Crippen molar-refractivity contribution in [3.63, 3.8) is 0 Å². The molecule has 0 aliphatic rings. The van der Waals surface area contributed by atoms with E-state index in [1.54, 1.807) is 13.0 Å². The van der Waals surface area contributed by atoms with E-state index < -0.39 is 20.0 Å². The molecule has 1 aromatic rings. The van der Waals surface area contributed by atoms with Crippen LogP contribution in [0.3, 0.4) is 0 Å². The highest BCUT2D eigenvalue weighted by molar-refractivity contribution is 7.91. The van der Waals surface area contributed by atoms with Gasteiger partial charge in [0.05, 0.1) is 22.3 Å². The number of nitriles is 1. The fourth-order valence-electron chi connectivity index (χ4n) is 1.62. The van der Waals surface area contributed by atoms with Crippen LogP contribution in [0, 0.1) is 21.4 Å². The van der Waals surface area contributed by atoms with Crippen molar-refractivity contribution in [2.75, 3.05) is 5.75 Å². The first-order valence-electron chi connectivity index (χ1n) is 5.28. The molecule has 0 bridgehead atoms. The van der Waals surface area contributed by atoms with Crippen LogP contribution in [0.4, 0.5) is 5.69 Å². The van der Waals surface area contributed by atoms with Crippen molar-refractivity contribution in [2.24, 2.45) is 0 Å². The summed E-state index contributed by atoms with van der Waals surface area (Å²) in [5.41, 5.74) is -0.415. The van der Waals surface area contributed by atoms with Crippen molar-refractivity contribution < 1.29 is 13.3 Å². The largest absolute Gasteiger partial charge is 0.274 e. The summed E-state index contributed by atoms with van der Waals surface area (Å²) in [7, 11) is -3.70. The first-order valence-corrected chi connectivity index (χ1v) is 7.00. The van der Waals surface area contributed by atoms with Crippen molar-refractivity contribution in [1.29, 1.82) is 5.26 Å². The number of sulfone groups is 1. The Labute approximate surface area is 105 Å². The van der Waals surface area contributed by atoms with Gasteiger partial charge in [0.25, 0.3) is 5.69 Å². The number of nitro benzene ring substituents is 1. The molecule has 0 saturated heterocycles. The normalized spacial score (nSPS) is 12.7. The molecule has 0 aromatic heterocycles. The SMILES string of the molecule is CCCS(=O)(=O)C(C#N)c1ccccc1[N+](=O)[O-]. The van der Waals surface area contributed by atoms with Crippen LogP contribution in [0.2, 0.25) is 0 Å². The molecule has 0 heterocycles. The summed E-state index contributed by atoms with van der Waals surface area (Å²) in [6, 6.07) is 7.06. The summed E-state index contributed by atoms with van der Waals surface area (Å²) >= 11 is 0. The summed E-state index contributed by atoms with van der Waals surface area (Å²) < 4.78 is 23.8. The summed E-state index contributed by atoms with van der Waals surface area (Å²) in [5, 5.41) is 18.3.